The Bertz CT molecular complexity index is 926. The highest BCUT2D eigenvalue weighted by molar-refractivity contribution is 5.83. The van der Waals surface area contributed by atoms with E-state index in [1.807, 2.05) is 94.4 Å². The van der Waals surface area contributed by atoms with Gasteiger partial charge in [-0.25, -0.2) is 0 Å². The molecule has 0 heterocycles. The summed E-state index contributed by atoms with van der Waals surface area (Å²) in [4.78, 5) is 26.9. The van der Waals surface area contributed by atoms with Crippen LogP contribution in [0.15, 0.2) is 54.6 Å². The first kappa shape index (κ1) is 27.3. The maximum Gasteiger partial charge on any atom is 0.323 e. The molecule has 34 heavy (non-hydrogen) atoms. The van der Waals surface area contributed by atoms with Gasteiger partial charge >= 0.3 is 5.97 Å². The van der Waals surface area contributed by atoms with Crippen LogP contribution in [0.25, 0.3) is 0 Å². The van der Waals surface area contributed by atoms with Crippen molar-refractivity contribution < 1.29 is 19.8 Å². The number of amides is 1. The number of carboxylic acids is 1. The number of aliphatic hydroxyl groups excluding tert-OH is 1. The third-order valence-corrected chi connectivity index (χ3v) is 5.84. The van der Waals surface area contributed by atoms with Crippen LogP contribution in [0.2, 0.25) is 0 Å². The Hall–Kier alpha value is -2.94. The zero-order valence-electron chi connectivity index (χ0n) is 20.7. The summed E-state index contributed by atoms with van der Waals surface area (Å²) in [5.74, 6) is -1.64. The molecule has 1 unspecified atom stereocenters. The van der Waals surface area contributed by atoms with Gasteiger partial charge in [0.25, 0.3) is 0 Å². The number of nitrogens with two attached hydrogens (primary N) is 1. The summed E-state index contributed by atoms with van der Waals surface area (Å²) in [5, 5.41) is 26.7. The number of nitrogens with zero attached hydrogens (tertiary/aromatic N) is 1. The molecule has 2 rings (SSSR count). The number of nitrogens with one attached hydrogen (secondary N) is 2. The van der Waals surface area contributed by atoms with E-state index in [1.54, 1.807) is 0 Å². The van der Waals surface area contributed by atoms with Crippen molar-refractivity contribution in [3.05, 3.63) is 65.7 Å². The molecule has 0 spiro atoms. The summed E-state index contributed by atoms with van der Waals surface area (Å²) < 4.78 is 0. The van der Waals surface area contributed by atoms with Crippen molar-refractivity contribution in [3.8, 4) is 0 Å². The van der Waals surface area contributed by atoms with Gasteiger partial charge in [0.05, 0.1) is 12.1 Å². The van der Waals surface area contributed by atoms with Crippen molar-refractivity contribution in [1.82, 2.24) is 10.6 Å². The highest BCUT2D eigenvalue weighted by Gasteiger charge is 2.36. The van der Waals surface area contributed by atoms with E-state index >= 15 is 0 Å². The van der Waals surface area contributed by atoms with Gasteiger partial charge in [-0.2, -0.15) is 0 Å². The van der Waals surface area contributed by atoms with E-state index in [-0.39, 0.29) is 13.0 Å². The first-order valence-corrected chi connectivity index (χ1v) is 11.4. The number of carbonyl (C=O) groups excluding carboxylic acids is 1. The van der Waals surface area contributed by atoms with Crippen molar-refractivity contribution >= 4 is 17.6 Å². The lowest BCUT2D eigenvalue weighted by molar-refractivity contribution is -0.144. The number of aliphatic carboxylic acids is 1. The van der Waals surface area contributed by atoms with Crippen LogP contribution in [0, 0.1) is 5.41 Å². The van der Waals surface area contributed by atoms with Crippen LogP contribution < -0.4 is 21.3 Å². The molecule has 0 fully saturated rings. The largest absolute Gasteiger partial charge is 0.480 e. The molecule has 0 aliphatic heterocycles. The number of hydrogen-bond acceptors (Lipinski definition) is 6. The second kappa shape index (κ2) is 12.0. The molecular weight excluding hydrogens is 432 g/mol. The first-order valence-electron chi connectivity index (χ1n) is 11.4. The predicted octanol–water partition coefficient (Wildman–Crippen LogP) is 1.76. The topological polar surface area (TPSA) is 128 Å². The summed E-state index contributed by atoms with van der Waals surface area (Å²) in [6.45, 7) is 5.80. The number of carbonyl (C=O) groups is 2. The van der Waals surface area contributed by atoms with Crippen molar-refractivity contribution in [2.45, 2.75) is 58.0 Å². The predicted molar refractivity (Wildman–Crippen MR) is 135 cm³/mol. The average Bonchev–Trinajstić information content (AvgIpc) is 2.78. The molecule has 0 saturated heterocycles. The Labute approximate surface area is 202 Å². The van der Waals surface area contributed by atoms with Gasteiger partial charge in [-0.3, -0.25) is 14.9 Å². The minimum atomic E-state index is -1.39. The van der Waals surface area contributed by atoms with Crippen molar-refractivity contribution in [2.24, 2.45) is 11.1 Å². The highest BCUT2D eigenvalue weighted by atomic mass is 16.4. The van der Waals surface area contributed by atoms with Crippen LogP contribution in [0.3, 0.4) is 0 Å². The van der Waals surface area contributed by atoms with Gasteiger partial charge in [0.2, 0.25) is 5.91 Å². The molecular formula is C26H38N4O4. The summed E-state index contributed by atoms with van der Waals surface area (Å²) in [6.07, 6.45) is -1.14. The van der Waals surface area contributed by atoms with Gasteiger partial charge in [-0.1, -0.05) is 63.2 Å². The maximum atomic E-state index is 12.8. The standard InChI is InChI=1S/C26H38N4O4/c1-26(2,3)23(27)24(32)29-20(15-17-9-7-6-8-10-17)22(31)21(25(33)34)28-16-18-11-13-19(14-12-18)30(4)5/h6-14,20-23,28,31H,15-16,27H2,1-5H3,(H,29,32)(H,33,34)/t20-,21+,22+,23?/m0/s1. The molecule has 4 atom stereocenters. The maximum absolute atomic E-state index is 12.8. The quantitative estimate of drug-likeness (QED) is 0.339. The second-order valence-corrected chi connectivity index (χ2v) is 9.90. The van der Waals surface area contributed by atoms with E-state index in [1.165, 1.54) is 0 Å². The lowest BCUT2D eigenvalue weighted by Crippen LogP contribution is -2.60. The zero-order chi connectivity index (χ0) is 25.5. The average molecular weight is 471 g/mol. The molecule has 0 aliphatic rings. The molecule has 1 amide bonds. The lowest BCUT2D eigenvalue weighted by atomic mass is 9.86. The number of carboxylic acid groups (broad SMARTS) is 1. The van der Waals surface area contributed by atoms with E-state index in [9.17, 15) is 19.8 Å². The molecule has 0 aliphatic carbocycles. The third kappa shape index (κ3) is 7.83. The van der Waals surface area contributed by atoms with E-state index < -0.39 is 41.5 Å². The fourth-order valence-electron chi connectivity index (χ4n) is 3.52. The smallest absolute Gasteiger partial charge is 0.323 e. The van der Waals surface area contributed by atoms with Gasteiger partial charge in [0, 0.05) is 26.3 Å². The van der Waals surface area contributed by atoms with Crippen LogP contribution in [-0.2, 0) is 22.6 Å². The van der Waals surface area contributed by atoms with Crippen LogP contribution in [0.5, 0.6) is 0 Å². The number of hydrogen-bond donors (Lipinski definition) is 5. The molecule has 0 radical (unpaired) electrons. The zero-order valence-corrected chi connectivity index (χ0v) is 20.7. The minimum absolute atomic E-state index is 0.245. The van der Waals surface area contributed by atoms with E-state index in [0.717, 1.165) is 16.8 Å². The number of benzene rings is 2. The lowest BCUT2D eigenvalue weighted by Gasteiger charge is -2.32. The van der Waals surface area contributed by atoms with Crippen LogP contribution in [-0.4, -0.2) is 60.4 Å². The molecule has 0 bridgehead atoms. The molecule has 8 heteroatoms. The van der Waals surface area contributed by atoms with Gasteiger partial charge in [0.15, 0.2) is 0 Å². The Balaban J connectivity index is 2.21. The van der Waals surface area contributed by atoms with Gasteiger partial charge in [-0.05, 0) is 35.1 Å². The molecule has 186 valence electrons. The van der Waals surface area contributed by atoms with Crippen LogP contribution in [0.1, 0.15) is 31.9 Å². The molecule has 6 N–H and O–H groups in total. The first-order chi connectivity index (χ1) is 15.9. The summed E-state index contributed by atoms with van der Waals surface area (Å²) >= 11 is 0. The summed E-state index contributed by atoms with van der Waals surface area (Å²) in [5.41, 5.74) is 8.39. The summed E-state index contributed by atoms with van der Waals surface area (Å²) in [6, 6.07) is 14.0. The van der Waals surface area contributed by atoms with Gasteiger partial charge in [-0.15, -0.1) is 0 Å². The van der Waals surface area contributed by atoms with Crippen LogP contribution in [0.4, 0.5) is 5.69 Å². The molecule has 0 saturated carbocycles. The Morgan fingerprint density at radius 3 is 2.09 bits per heavy atom. The van der Waals surface area contributed by atoms with Crippen molar-refractivity contribution in [3.63, 3.8) is 0 Å². The fourth-order valence-corrected chi connectivity index (χ4v) is 3.52. The van der Waals surface area contributed by atoms with Crippen LogP contribution >= 0.6 is 0 Å². The SMILES string of the molecule is CN(C)c1ccc(CN[C@@H](C(=O)O)[C@H](O)[C@H](Cc2ccccc2)NC(=O)C(N)C(C)(C)C)cc1. The van der Waals surface area contributed by atoms with Gasteiger partial charge in [0.1, 0.15) is 12.1 Å². The number of rotatable bonds is 11. The normalized spacial score (nSPS) is 15.1. The van der Waals surface area contributed by atoms with Crippen molar-refractivity contribution in [1.29, 1.82) is 0 Å². The van der Waals surface area contributed by atoms with E-state index in [4.69, 9.17) is 5.73 Å². The number of aliphatic hydroxyl groups is 1. The molecule has 0 aromatic heterocycles. The Kier molecular flexibility index (Phi) is 9.61. The molecule has 2 aromatic rings. The summed E-state index contributed by atoms with van der Waals surface area (Å²) in [7, 11) is 3.88. The monoisotopic (exact) mass is 470 g/mol. The Morgan fingerprint density at radius 1 is 1.00 bits per heavy atom. The second-order valence-electron chi connectivity index (χ2n) is 9.90. The molecule has 8 nitrogen and oxygen atoms in total. The van der Waals surface area contributed by atoms with Crippen molar-refractivity contribution in [2.75, 3.05) is 19.0 Å². The van der Waals surface area contributed by atoms with E-state index in [0.29, 0.717) is 0 Å². The Morgan fingerprint density at radius 2 is 1.59 bits per heavy atom. The third-order valence-electron chi connectivity index (χ3n) is 5.84. The fraction of sp³-hybridized carbons (Fsp3) is 0.462. The number of anilines is 1. The molecule has 2 aromatic carbocycles. The minimum Gasteiger partial charge on any atom is -0.480 e. The van der Waals surface area contributed by atoms with E-state index in [2.05, 4.69) is 10.6 Å². The van der Waals surface area contributed by atoms with Gasteiger partial charge < -0.3 is 26.2 Å². The highest BCUT2D eigenvalue weighted by Crippen LogP contribution is 2.19.